The van der Waals surface area contributed by atoms with Gasteiger partial charge in [0.25, 0.3) is 0 Å². The van der Waals surface area contributed by atoms with Crippen molar-refractivity contribution in [2.45, 2.75) is 43.0 Å². The van der Waals surface area contributed by atoms with Crippen molar-refractivity contribution in [3.05, 3.63) is 29.3 Å². The van der Waals surface area contributed by atoms with E-state index in [1.54, 1.807) is 6.92 Å². The molecular weight excluding hydrogens is 308 g/mol. The van der Waals surface area contributed by atoms with Crippen LogP contribution in [0.15, 0.2) is 17.0 Å². The SMILES string of the molecule is CC1CCCCN1S(=O)(=O)c1cc(CCl)cc(F)c1F. The number of sulfonamides is 1. The molecule has 1 unspecified atom stereocenters. The fourth-order valence-corrected chi connectivity index (χ4v) is 4.42. The minimum atomic E-state index is -4.04. The van der Waals surface area contributed by atoms with Crippen molar-refractivity contribution in [1.29, 1.82) is 0 Å². The first kappa shape index (κ1) is 15.7. The van der Waals surface area contributed by atoms with Crippen LogP contribution < -0.4 is 0 Å². The molecule has 112 valence electrons. The van der Waals surface area contributed by atoms with E-state index in [4.69, 9.17) is 11.6 Å². The lowest BCUT2D eigenvalue weighted by Crippen LogP contribution is -2.42. The zero-order chi connectivity index (χ0) is 14.9. The van der Waals surface area contributed by atoms with Gasteiger partial charge >= 0.3 is 0 Å². The number of nitrogens with zero attached hydrogens (tertiary/aromatic N) is 1. The second kappa shape index (κ2) is 5.95. The van der Waals surface area contributed by atoms with Crippen molar-refractivity contribution in [2.24, 2.45) is 0 Å². The van der Waals surface area contributed by atoms with Gasteiger partial charge < -0.3 is 0 Å². The maximum absolute atomic E-state index is 13.9. The Morgan fingerprint density at radius 3 is 2.65 bits per heavy atom. The highest BCUT2D eigenvalue weighted by Crippen LogP contribution is 2.28. The van der Waals surface area contributed by atoms with Crippen LogP contribution in [0.1, 0.15) is 31.7 Å². The Hall–Kier alpha value is -0.720. The number of hydrogen-bond donors (Lipinski definition) is 0. The Kier molecular flexibility index (Phi) is 4.66. The first-order valence-corrected chi connectivity index (χ1v) is 8.41. The minimum Gasteiger partial charge on any atom is -0.207 e. The summed E-state index contributed by atoms with van der Waals surface area (Å²) in [5, 5.41) is 0. The number of hydrogen-bond acceptors (Lipinski definition) is 2. The highest BCUT2D eigenvalue weighted by atomic mass is 35.5. The molecule has 3 nitrogen and oxygen atoms in total. The maximum Gasteiger partial charge on any atom is 0.246 e. The second-order valence-electron chi connectivity index (χ2n) is 4.98. The third kappa shape index (κ3) is 2.82. The molecule has 0 radical (unpaired) electrons. The van der Waals surface area contributed by atoms with Gasteiger partial charge in [0.2, 0.25) is 10.0 Å². The van der Waals surface area contributed by atoms with E-state index in [9.17, 15) is 17.2 Å². The lowest BCUT2D eigenvalue weighted by atomic mass is 10.1. The van der Waals surface area contributed by atoms with Crippen LogP contribution in [0, 0.1) is 11.6 Å². The van der Waals surface area contributed by atoms with Crippen LogP contribution in [0.2, 0.25) is 0 Å². The molecule has 1 aromatic carbocycles. The van der Waals surface area contributed by atoms with Crippen molar-refractivity contribution in [3.8, 4) is 0 Å². The van der Waals surface area contributed by atoms with Gasteiger partial charge in [-0.1, -0.05) is 6.42 Å². The molecule has 7 heteroatoms. The van der Waals surface area contributed by atoms with Gasteiger partial charge in [0.1, 0.15) is 4.90 Å². The average molecular weight is 324 g/mol. The summed E-state index contributed by atoms with van der Waals surface area (Å²) in [6.45, 7) is 2.10. The van der Waals surface area contributed by atoms with Crippen molar-refractivity contribution in [1.82, 2.24) is 4.31 Å². The molecule has 0 aromatic heterocycles. The molecule has 0 aliphatic carbocycles. The van der Waals surface area contributed by atoms with Gasteiger partial charge in [0.15, 0.2) is 11.6 Å². The van der Waals surface area contributed by atoms with Gasteiger partial charge in [-0.05, 0) is 37.5 Å². The summed E-state index contributed by atoms with van der Waals surface area (Å²) < 4.78 is 53.6. The number of rotatable bonds is 3. The van der Waals surface area contributed by atoms with Crippen LogP contribution in [0.25, 0.3) is 0 Å². The van der Waals surface area contributed by atoms with Crippen LogP contribution in [0.5, 0.6) is 0 Å². The highest BCUT2D eigenvalue weighted by molar-refractivity contribution is 7.89. The largest absolute Gasteiger partial charge is 0.246 e. The van der Waals surface area contributed by atoms with E-state index in [0.717, 1.165) is 31.4 Å². The Labute approximate surface area is 122 Å². The number of piperidine rings is 1. The Morgan fingerprint density at radius 1 is 1.35 bits per heavy atom. The van der Waals surface area contributed by atoms with Crippen molar-refractivity contribution in [3.63, 3.8) is 0 Å². The van der Waals surface area contributed by atoms with Gasteiger partial charge in [-0.15, -0.1) is 11.6 Å². The summed E-state index contributed by atoms with van der Waals surface area (Å²) in [4.78, 5) is -0.623. The van der Waals surface area contributed by atoms with E-state index in [1.165, 1.54) is 4.31 Å². The van der Waals surface area contributed by atoms with Crippen LogP contribution in [-0.4, -0.2) is 25.3 Å². The van der Waals surface area contributed by atoms with Crippen LogP contribution in [0.4, 0.5) is 8.78 Å². The fourth-order valence-electron chi connectivity index (χ4n) is 2.44. The van der Waals surface area contributed by atoms with E-state index in [-0.39, 0.29) is 17.5 Å². The molecule has 1 aliphatic rings. The molecular formula is C13H16ClF2NO2S. The monoisotopic (exact) mass is 323 g/mol. The van der Waals surface area contributed by atoms with Crippen molar-refractivity contribution >= 4 is 21.6 Å². The molecule has 0 spiro atoms. The molecule has 1 aliphatic heterocycles. The lowest BCUT2D eigenvalue weighted by molar-refractivity contribution is 0.267. The molecule has 0 amide bonds. The molecule has 0 N–H and O–H groups in total. The predicted molar refractivity (Wildman–Crippen MR) is 73.1 cm³/mol. The summed E-state index contributed by atoms with van der Waals surface area (Å²) in [7, 11) is -4.04. The highest BCUT2D eigenvalue weighted by Gasteiger charge is 2.34. The summed E-state index contributed by atoms with van der Waals surface area (Å²) in [5.41, 5.74) is 0.244. The first-order valence-electron chi connectivity index (χ1n) is 6.43. The number of alkyl halides is 1. The fraction of sp³-hybridized carbons (Fsp3) is 0.538. The van der Waals surface area contributed by atoms with E-state index in [1.807, 2.05) is 0 Å². The predicted octanol–water partition coefficient (Wildman–Crippen LogP) is 3.27. The Balaban J connectivity index is 2.51. The summed E-state index contributed by atoms with van der Waals surface area (Å²) in [6, 6.07) is 1.82. The van der Waals surface area contributed by atoms with Gasteiger partial charge in [0, 0.05) is 18.5 Å². The minimum absolute atomic E-state index is 0.0741. The van der Waals surface area contributed by atoms with Crippen molar-refractivity contribution < 1.29 is 17.2 Å². The molecule has 1 fully saturated rings. The summed E-state index contributed by atoms with van der Waals surface area (Å²) >= 11 is 5.59. The normalized spacial score (nSPS) is 21.1. The molecule has 1 saturated heterocycles. The van der Waals surface area contributed by atoms with Gasteiger partial charge in [0.05, 0.1) is 0 Å². The smallest absolute Gasteiger partial charge is 0.207 e. The average Bonchev–Trinajstić information content (AvgIpc) is 2.41. The van der Waals surface area contributed by atoms with Crippen LogP contribution in [0.3, 0.4) is 0 Å². The molecule has 20 heavy (non-hydrogen) atoms. The third-order valence-electron chi connectivity index (χ3n) is 3.54. The zero-order valence-corrected chi connectivity index (χ0v) is 12.6. The van der Waals surface area contributed by atoms with E-state index < -0.39 is 26.6 Å². The van der Waals surface area contributed by atoms with E-state index in [2.05, 4.69) is 0 Å². The zero-order valence-electron chi connectivity index (χ0n) is 11.1. The lowest BCUT2D eigenvalue weighted by Gasteiger charge is -2.32. The number of halogens is 3. The standard InChI is InChI=1S/C13H16ClF2NO2S/c1-9-4-2-3-5-17(9)20(18,19)12-7-10(8-14)6-11(15)13(12)16/h6-7,9H,2-5,8H2,1H3. The number of benzene rings is 1. The van der Waals surface area contributed by atoms with Gasteiger partial charge in [-0.2, -0.15) is 4.31 Å². The maximum atomic E-state index is 13.9. The van der Waals surface area contributed by atoms with Crippen LogP contribution >= 0.6 is 11.6 Å². The summed E-state index contributed by atoms with van der Waals surface area (Å²) in [5.74, 6) is -2.60. The molecule has 1 heterocycles. The van der Waals surface area contributed by atoms with E-state index in [0.29, 0.717) is 6.54 Å². The Morgan fingerprint density at radius 2 is 2.05 bits per heavy atom. The topological polar surface area (TPSA) is 37.4 Å². The molecule has 1 aromatic rings. The quantitative estimate of drug-likeness (QED) is 0.801. The Bertz CT molecular complexity index is 607. The molecule has 0 bridgehead atoms. The van der Waals surface area contributed by atoms with Crippen molar-refractivity contribution in [2.75, 3.05) is 6.54 Å². The van der Waals surface area contributed by atoms with Gasteiger partial charge in [-0.25, -0.2) is 17.2 Å². The van der Waals surface area contributed by atoms with Gasteiger partial charge in [-0.3, -0.25) is 0 Å². The van der Waals surface area contributed by atoms with Crippen LogP contribution in [-0.2, 0) is 15.9 Å². The second-order valence-corrected chi connectivity index (χ2v) is 7.11. The molecule has 0 saturated carbocycles. The molecule has 1 atom stereocenters. The van der Waals surface area contributed by atoms with E-state index >= 15 is 0 Å². The summed E-state index contributed by atoms with van der Waals surface area (Å²) in [6.07, 6.45) is 2.38. The molecule has 2 rings (SSSR count). The third-order valence-corrected chi connectivity index (χ3v) is 5.86. The first-order chi connectivity index (χ1) is 9.37.